The zero-order chi connectivity index (χ0) is 8.72. The van der Waals surface area contributed by atoms with Crippen molar-refractivity contribution in [2.45, 2.75) is 0 Å². The number of fused-ring (bicyclic) bond motifs is 1. The highest BCUT2D eigenvalue weighted by Gasteiger charge is 2.16. The van der Waals surface area contributed by atoms with Crippen LogP contribution in [0.15, 0.2) is 17.1 Å². The number of benzene rings is 1. The van der Waals surface area contributed by atoms with Crippen LogP contribution in [0.1, 0.15) is 0 Å². The molecule has 1 aromatic carbocycles. The van der Waals surface area contributed by atoms with Crippen molar-refractivity contribution in [3.63, 3.8) is 0 Å². The molecule has 0 saturated carbocycles. The maximum Gasteiger partial charge on any atom is 0.194 e. The summed E-state index contributed by atoms with van der Waals surface area (Å²) in [6.45, 7) is 0. The number of nitrogens with one attached hydrogen (secondary N) is 1. The normalized spacial score (nSPS) is 19.6. The average Bonchev–Trinajstić information content (AvgIpc) is 2.35. The summed E-state index contributed by atoms with van der Waals surface area (Å²) in [7, 11) is 0. The predicted octanol–water partition coefficient (Wildman–Crippen LogP) is -0.338. The van der Waals surface area contributed by atoms with Crippen LogP contribution in [0.25, 0.3) is 0 Å². The number of anilines is 1. The smallest absolute Gasteiger partial charge is 0.194 e. The van der Waals surface area contributed by atoms with Crippen LogP contribution in [0.3, 0.4) is 0 Å². The van der Waals surface area contributed by atoms with E-state index in [1.54, 1.807) is 0 Å². The summed E-state index contributed by atoms with van der Waals surface area (Å²) in [5.74, 6) is -0.0763. The van der Waals surface area contributed by atoms with Gasteiger partial charge in [-0.15, -0.1) is 0 Å². The molecular formula is C7H7N3O2. The zero-order valence-corrected chi connectivity index (χ0v) is 6.11. The lowest BCUT2D eigenvalue weighted by Crippen LogP contribution is -2.99. The topological polar surface area (TPSA) is 86.1 Å². The van der Waals surface area contributed by atoms with Crippen LogP contribution in [0.5, 0.6) is 5.75 Å². The first-order valence-corrected chi connectivity index (χ1v) is 3.39. The molecule has 5 nitrogen and oxygen atoms in total. The zero-order valence-electron chi connectivity index (χ0n) is 6.11. The number of phenolic OH excluding ortho intramolecular Hbond substituents is 1. The standard InChI is InChI=1S/C7H7N3O2/c8-4-1-5-6(2-7(4)11)10(12)3-9-5/h1-3,10-11H,8H2. The van der Waals surface area contributed by atoms with Crippen LogP contribution in [0.2, 0.25) is 0 Å². The second kappa shape index (κ2) is 2.20. The van der Waals surface area contributed by atoms with Gasteiger partial charge in [-0.3, -0.25) is 5.06 Å². The van der Waals surface area contributed by atoms with Crippen molar-refractivity contribution < 1.29 is 10.2 Å². The number of rotatable bonds is 0. The highest BCUT2D eigenvalue weighted by molar-refractivity contribution is 5.77. The van der Waals surface area contributed by atoms with Gasteiger partial charge in [0, 0.05) is 6.07 Å². The van der Waals surface area contributed by atoms with E-state index >= 15 is 0 Å². The van der Waals surface area contributed by atoms with Gasteiger partial charge in [0.2, 0.25) is 0 Å². The van der Waals surface area contributed by atoms with Gasteiger partial charge in [-0.05, 0) is 6.07 Å². The molecule has 0 radical (unpaired) electrons. The van der Waals surface area contributed by atoms with E-state index in [1.807, 2.05) is 0 Å². The van der Waals surface area contributed by atoms with Gasteiger partial charge in [0.25, 0.3) is 0 Å². The van der Waals surface area contributed by atoms with Crippen LogP contribution >= 0.6 is 0 Å². The number of phenols is 1. The number of nitrogen functional groups attached to an aromatic ring is 1. The fourth-order valence-corrected chi connectivity index (χ4v) is 1.09. The molecule has 1 aromatic rings. The maximum atomic E-state index is 11.0. The van der Waals surface area contributed by atoms with E-state index < -0.39 is 0 Å². The van der Waals surface area contributed by atoms with Crippen molar-refractivity contribution in [2.75, 3.05) is 5.73 Å². The van der Waals surface area contributed by atoms with Crippen LogP contribution < -0.4 is 10.8 Å². The first-order valence-electron chi connectivity index (χ1n) is 3.39. The molecule has 0 aromatic heterocycles. The lowest BCUT2D eigenvalue weighted by atomic mass is 10.2. The van der Waals surface area contributed by atoms with E-state index in [0.29, 0.717) is 11.4 Å². The second-order valence-corrected chi connectivity index (χ2v) is 2.55. The Labute approximate surface area is 68.3 Å². The number of aliphatic imine (C=N–C) groups is 1. The molecule has 62 valence electrons. The largest absolute Gasteiger partial charge is 0.623 e. The van der Waals surface area contributed by atoms with Gasteiger partial charge >= 0.3 is 0 Å². The van der Waals surface area contributed by atoms with Gasteiger partial charge in [-0.25, -0.2) is 0 Å². The summed E-state index contributed by atoms with van der Waals surface area (Å²) < 4.78 is 0. The SMILES string of the molecule is Nc1cc2c(cc1O)[NH+]([O-])C=N2. The molecule has 2 rings (SSSR count). The first-order chi connectivity index (χ1) is 5.68. The fraction of sp³-hybridized carbons (Fsp3) is 0. The minimum absolute atomic E-state index is 0.0763. The number of aromatic hydroxyl groups is 1. The molecule has 0 bridgehead atoms. The molecule has 5 heteroatoms. The number of hydrogen-bond acceptors (Lipinski definition) is 4. The molecule has 0 spiro atoms. The molecule has 1 unspecified atom stereocenters. The Bertz CT molecular complexity index is 362. The number of quaternary nitrogens is 1. The van der Waals surface area contributed by atoms with Gasteiger partial charge in [0.05, 0.1) is 5.69 Å². The van der Waals surface area contributed by atoms with Crippen molar-refractivity contribution in [3.05, 3.63) is 17.3 Å². The number of hydrogen-bond donors (Lipinski definition) is 3. The van der Waals surface area contributed by atoms with Gasteiger partial charge in [0.15, 0.2) is 12.0 Å². The summed E-state index contributed by atoms with van der Waals surface area (Å²) in [6.07, 6.45) is 1.21. The number of nitrogens with two attached hydrogens (primary N) is 1. The van der Waals surface area contributed by atoms with Gasteiger partial charge in [0.1, 0.15) is 11.4 Å². The predicted molar refractivity (Wildman–Crippen MR) is 44.7 cm³/mol. The average molecular weight is 165 g/mol. The Morgan fingerprint density at radius 3 is 3.00 bits per heavy atom. The van der Waals surface area contributed by atoms with Crippen molar-refractivity contribution >= 4 is 23.4 Å². The van der Waals surface area contributed by atoms with Crippen molar-refractivity contribution in [2.24, 2.45) is 4.99 Å². The fourth-order valence-electron chi connectivity index (χ4n) is 1.09. The Kier molecular flexibility index (Phi) is 1.30. The molecule has 0 saturated heterocycles. The second-order valence-electron chi connectivity index (χ2n) is 2.55. The molecule has 12 heavy (non-hydrogen) atoms. The Balaban J connectivity index is 2.62. The molecular weight excluding hydrogens is 158 g/mol. The Hall–Kier alpha value is -1.59. The maximum absolute atomic E-state index is 11.0. The molecule has 0 amide bonds. The molecule has 1 atom stereocenters. The van der Waals surface area contributed by atoms with Crippen LogP contribution in [0, 0.1) is 5.21 Å². The summed E-state index contributed by atoms with van der Waals surface area (Å²) in [5.41, 5.74) is 6.57. The van der Waals surface area contributed by atoms with Crippen LogP contribution in [-0.2, 0) is 0 Å². The third kappa shape index (κ3) is 0.843. The molecule has 1 aliphatic rings. The minimum atomic E-state index is -0.194. The van der Waals surface area contributed by atoms with Crippen LogP contribution in [0.4, 0.5) is 17.1 Å². The van der Waals surface area contributed by atoms with Gasteiger partial charge in [-0.1, -0.05) is 0 Å². The minimum Gasteiger partial charge on any atom is -0.623 e. The monoisotopic (exact) mass is 165 g/mol. The number of nitrogens with zero attached hydrogens (tertiary/aromatic N) is 1. The Morgan fingerprint density at radius 1 is 1.50 bits per heavy atom. The third-order valence-corrected chi connectivity index (χ3v) is 1.73. The van der Waals surface area contributed by atoms with Crippen molar-refractivity contribution in [3.8, 4) is 5.75 Å². The van der Waals surface area contributed by atoms with Gasteiger partial charge < -0.3 is 16.0 Å². The first kappa shape index (κ1) is 7.08. The third-order valence-electron chi connectivity index (χ3n) is 1.73. The van der Waals surface area contributed by atoms with E-state index in [0.717, 1.165) is 0 Å². The molecule has 0 aliphatic carbocycles. The van der Waals surface area contributed by atoms with E-state index in [2.05, 4.69) is 4.99 Å². The molecule has 1 aliphatic heterocycles. The highest BCUT2D eigenvalue weighted by atomic mass is 16.5. The molecule has 0 fully saturated rings. The van der Waals surface area contributed by atoms with Crippen molar-refractivity contribution in [1.82, 2.24) is 0 Å². The van der Waals surface area contributed by atoms with Crippen LogP contribution in [-0.4, -0.2) is 11.4 Å². The lowest BCUT2D eigenvalue weighted by molar-refractivity contribution is -0.655. The van der Waals surface area contributed by atoms with Crippen molar-refractivity contribution in [1.29, 1.82) is 0 Å². The van der Waals surface area contributed by atoms with E-state index in [4.69, 9.17) is 10.8 Å². The summed E-state index contributed by atoms with van der Waals surface area (Å²) in [5, 5.41) is 20.0. The van der Waals surface area contributed by atoms with E-state index in [1.165, 1.54) is 18.5 Å². The summed E-state index contributed by atoms with van der Waals surface area (Å²) in [4.78, 5) is 3.82. The van der Waals surface area contributed by atoms with E-state index in [-0.39, 0.29) is 16.5 Å². The summed E-state index contributed by atoms with van der Waals surface area (Å²) in [6, 6.07) is 2.81. The highest BCUT2D eigenvalue weighted by Crippen LogP contribution is 2.32. The molecule has 4 N–H and O–H groups in total. The number of hydroxylamine groups is 1. The van der Waals surface area contributed by atoms with Gasteiger partial charge in [-0.2, -0.15) is 4.99 Å². The Morgan fingerprint density at radius 2 is 2.25 bits per heavy atom. The van der Waals surface area contributed by atoms with E-state index in [9.17, 15) is 5.21 Å². The summed E-state index contributed by atoms with van der Waals surface area (Å²) >= 11 is 0. The quantitative estimate of drug-likeness (QED) is 0.279. The lowest BCUT2D eigenvalue weighted by Gasteiger charge is -2.11. The molecule has 1 heterocycles.